The monoisotopic (exact) mass is 451 g/mol. The van der Waals surface area contributed by atoms with Crippen LogP contribution in [0.2, 0.25) is 5.02 Å². The number of morpholine rings is 1. The van der Waals surface area contributed by atoms with E-state index < -0.39 is 15.9 Å². The highest BCUT2D eigenvalue weighted by molar-refractivity contribution is 7.89. The van der Waals surface area contributed by atoms with Gasteiger partial charge in [-0.3, -0.25) is 9.69 Å². The van der Waals surface area contributed by atoms with Crippen molar-refractivity contribution in [3.05, 3.63) is 64.7 Å². The van der Waals surface area contributed by atoms with Crippen LogP contribution in [0.25, 0.3) is 0 Å². The first kappa shape index (κ1) is 22.7. The summed E-state index contributed by atoms with van der Waals surface area (Å²) >= 11 is 6.18. The van der Waals surface area contributed by atoms with Gasteiger partial charge in [0.15, 0.2) is 0 Å². The second-order valence-corrected chi connectivity index (χ2v) is 9.55. The van der Waals surface area contributed by atoms with Crippen LogP contribution in [0.4, 0.5) is 0 Å². The summed E-state index contributed by atoms with van der Waals surface area (Å²) < 4.78 is 32.5. The molecule has 9 heteroatoms. The van der Waals surface area contributed by atoms with Crippen molar-refractivity contribution in [1.29, 1.82) is 0 Å². The van der Waals surface area contributed by atoms with E-state index >= 15 is 0 Å². The number of hydrogen-bond donors (Lipinski definition) is 1. The molecule has 1 aliphatic heterocycles. The second kappa shape index (κ2) is 10.4. The predicted octanol–water partition coefficient (Wildman–Crippen LogP) is 2.22. The first-order valence-electron chi connectivity index (χ1n) is 9.76. The fourth-order valence-corrected chi connectivity index (χ4v) is 4.58. The van der Waals surface area contributed by atoms with Gasteiger partial charge in [0.05, 0.1) is 28.7 Å². The minimum absolute atomic E-state index is 0.0312. The largest absolute Gasteiger partial charge is 0.379 e. The van der Waals surface area contributed by atoms with E-state index in [0.29, 0.717) is 26.3 Å². The van der Waals surface area contributed by atoms with E-state index in [1.807, 2.05) is 30.3 Å². The van der Waals surface area contributed by atoms with Crippen molar-refractivity contribution in [2.75, 3.05) is 46.4 Å². The standard InChI is InChI=1S/C21H26ClN3O4S/c1-24(16-17-5-3-2-4-6-17)30(27,28)18-7-8-20(22)19(15-18)21(26)23-9-10-25-11-13-29-14-12-25/h2-8,15H,9-14,16H2,1H3,(H,23,26). The normalized spacial score (nSPS) is 15.3. The van der Waals surface area contributed by atoms with Crippen molar-refractivity contribution in [1.82, 2.24) is 14.5 Å². The number of rotatable bonds is 8. The quantitative estimate of drug-likeness (QED) is 0.665. The molecule has 1 fully saturated rings. The van der Waals surface area contributed by atoms with Crippen molar-refractivity contribution in [3.8, 4) is 0 Å². The molecule has 1 aliphatic rings. The lowest BCUT2D eigenvalue weighted by Gasteiger charge is -2.26. The fourth-order valence-electron chi connectivity index (χ4n) is 3.19. The fraction of sp³-hybridized carbons (Fsp3) is 0.381. The van der Waals surface area contributed by atoms with Gasteiger partial charge in [0.1, 0.15) is 0 Å². The number of nitrogens with zero attached hydrogens (tertiary/aromatic N) is 2. The molecular weight excluding hydrogens is 426 g/mol. The van der Waals surface area contributed by atoms with Crippen molar-refractivity contribution in [2.24, 2.45) is 0 Å². The van der Waals surface area contributed by atoms with Crippen LogP contribution in [0.15, 0.2) is 53.4 Å². The Morgan fingerprint density at radius 3 is 2.57 bits per heavy atom. The Balaban J connectivity index is 1.67. The Labute approximate surface area is 182 Å². The third-order valence-electron chi connectivity index (χ3n) is 4.96. The Morgan fingerprint density at radius 2 is 1.87 bits per heavy atom. The summed E-state index contributed by atoms with van der Waals surface area (Å²) in [5.74, 6) is -0.393. The van der Waals surface area contributed by atoms with Crippen molar-refractivity contribution >= 4 is 27.5 Å². The van der Waals surface area contributed by atoms with Crippen molar-refractivity contribution in [2.45, 2.75) is 11.4 Å². The van der Waals surface area contributed by atoms with E-state index in [9.17, 15) is 13.2 Å². The molecule has 0 aliphatic carbocycles. The minimum Gasteiger partial charge on any atom is -0.379 e. The number of carbonyl (C=O) groups is 1. The van der Waals surface area contributed by atoms with Gasteiger partial charge in [-0.25, -0.2) is 8.42 Å². The number of hydrogen-bond acceptors (Lipinski definition) is 5. The van der Waals surface area contributed by atoms with Crippen molar-refractivity contribution < 1.29 is 17.9 Å². The minimum atomic E-state index is -3.78. The molecule has 0 atom stereocenters. The molecule has 0 saturated carbocycles. The van der Waals surface area contributed by atoms with E-state index in [0.717, 1.165) is 18.7 Å². The summed E-state index contributed by atoms with van der Waals surface area (Å²) in [6.45, 7) is 4.42. The lowest BCUT2D eigenvalue weighted by atomic mass is 10.2. The molecule has 1 N–H and O–H groups in total. The molecule has 0 unspecified atom stereocenters. The molecular formula is C21H26ClN3O4S. The maximum absolute atomic E-state index is 13.0. The van der Waals surface area contributed by atoms with Crippen LogP contribution >= 0.6 is 11.6 Å². The summed E-state index contributed by atoms with van der Waals surface area (Å²) in [5.41, 5.74) is 1.02. The maximum Gasteiger partial charge on any atom is 0.252 e. The van der Waals surface area contributed by atoms with Crippen molar-refractivity contribution in [3.63, 3.8) is 0 Å². The van der Waals surface area contributed by atoms with Gasteiger partial charge in [0.2, 0.25) is 10.0 Å². The number of halogens is 1. The first-order chi connectivity index (χ1) is 14.4. The number of benzene rings is 2. The highest BCUT2D eigenvalue weighted by Gasteiger charge is 2.23. The molecule has 7 nitrogen and oxygen atoms in total. The van der Waals surface area contributed by atoms with E-state index in [2.05, 4.69) is 10.2 Å². The first-order valence-corrected chi connectivity index (χ1v) is 11.6. The average Bonchev–Trinajstić information content (AvgIpc) is 2.75. The molecule has 2 aromatic carbocycles. The Hall–Kier alpha value is -1.97. The van der Waals surface area contributed by atoms with E-state index in [1.54, 1.807) is 0 Å². The Kier molecular flexibility index (Phi) is 7.85. The lowest BCUT2D eigenvalue weighted by Crippen LogP contribution is -2.41. The molecule has 162 valence electrons. The van der Waals surface area contributed by atoms with Crippen LogP contribution < -0.4 is 5.32 Å². The summed E-state index contributed by atoms with van der Waals surface area (Å²) in [4.78, 5) is 14.8. The van der Waals surface area contributed by atoms with Crippen LogP contribution in [0, 0.1) is 0 Å². The lowest BCUT2D eigenvalue weighted by molar-refractivity contribution is 0.0383. The molecule has 1 heterocycles. The summed E-state index contributed by atoms with van der Waals surface area (Å²) in [6.07, 6.45) is 0. The molecule has 30 heavy (non-hydrogen) atoms. The molecule has 0 bridgehead atoms. The van der Waals surface area contributed by atoms with Gasteiger partial charge in [-0.2, -0.15) is 4.31 Å². The summed E-state index contributed by atoms with van der Waals surface area (Å²) in [6, 6.07) is 13.5. The second-order valence-electron chi connectivity index (χ2n) is 7.10. The number of nitrogens with one attached hydrogen (secondary N) is 1. The average molecular weight is 452 g/mol. The van der Waals surface area contributed by atoms with E-state index in [4.69, 9.17) is 16.3 Å². The topological polar surface area (TPSA) is 79.0 Å². The van der Waals surface area contributed by atoms with Gasteiger partial charge in [0.25, 0.3) is 5.91 Å². The van der Waals surface area contributed by atoms with E-state index in [1.165, 1.54) is 29.6 Å². The third-order valence-corrected chi connectivity index (χ3v) is 7.08. The van der Waals surface area contributed by atoms with E-state index in [-0.39, 0.29) is 22.0 Å². The molecule has 3 rings (SSSR count). The number of sulfonamides is 1. The zero-order chi connectivity index (χ0) is 21.6. The van der Waals surface area contributed by atoms with Gasteiger partial charge in [-0.05, 0) is 23.8 Å². The van der Waals surface area contributed by atoms with Gasteiger partial charge in [-0.15, -0.1) is 0 Å². The predicted molar refractivity (Wildman–Crippen MR) is 116 cm³/mol. The zero-order valence-corrected chi connectivity index (χ0v) is 18.5. The van der Waals surface area contributed by atoms with Gasteiger partial charge in [0, 0.05) is 39.8 Å². The number of ether oxygens (including phenoxy) is 1. The van der Waals surface area contributed by atoms with Crippen LogP contribution in [0.1, 0.15) is 15.9 Å². The van der Waals surface area contributed by atoms with Crippen LogP contribution in [-0.4, -0.2) is 70.0 Å². The van der Waals surface area contributed by atoms with Gasteiger partial charge in [-0.1, -0.05) is 41.9 Å². The number of carbonyl (C=O) groups excluding carboxylic acids is 1. The molecule has 1 saturated heterocycles. The van der Waals surface area contributed by atoms with Crippen LogP contribution in [-0.2, 0) is 21.3 Å². The Bertz CT molecular complexity index is 963. The zero-order valence-electron chi connectivity index (χ0n) is 16.9. The molecule has 0 aromatic heterocycles. The molecule has 1 amide bonds. The smallest absolute Gasteiger partial charge is 0.252 e. The van der Waals surface area contributed by atoms with Crippen LogP contribution in [0.5, 0.6) is 0 Å². The third kappa shape index (κ3) is 5.80. The molecule has 0 radical (unpaired) electrons. The van der Waals surface area contributed by atoms with Crippen LogP contribution in [0.3, 0.4) is 0 Å². The Morgan fingerprint density at radius 1 is 1.17 bits per heavy atom. The maximum atomic E-state index is 13.0. The number of amides is 1. The highest BCUT2D eigenvalue weighted by Crippen LogP contribution is 2.23. The molecule has 0 spiro atoms. The summed E-state index contributed by atoms with van der Waals surface area (Å²) in [5, 5.41) is 3.03. The van der Waals surface area contributed by atoms with Gasteiger partial charge < -0.3 is 10.1 Å². The molecule has 2 aromatic rings. The SMILES string of the molecule is CN(Cc1ccccc1)S(=O)(=O)c1ccc(Cl)c(C(=O)NCCN2CCOCC2)c1. The van der Waals surface area contributed by atoms with Gasteiger partial charge >= 0.3 is 0 Å². The summed E-state index contributed by atoms with van der Waals surface area (Å²) in [7, 11) is -2.26. The highest BCUT2D eigenvalue weighted by atomic mass is 35.5.